The topological polar surface area (TPSA) is 78.9 Å². The first-order valence-electron chi connectivity index (χ1n) is 9.70. The van der Waals surface area contributed by atoms with Crippen LogP contribution in [0.2, 0.25) is 5.02 Å². The predicted molar refractivity (Wildman–Crippen MR) is 125 cm³/mol. The van der Waals surface area contributed by atoms with Crippen LogP contribution in [0.1, 0.15) is 5.56 Å². The molecule has 0 radical (unpaired) electrons. The highest BCUT2D eigenvalue weighted by atomic mass is 35.5. The molecule has 4 aromatic rings. The molecule has 4 rings (SSSR count). The minimum Gasteiger partial charge on any atom is -0.340 e. The molecule has 3 N–H and O–H groups in total. The van der Waals surface area contributed by atoms with Gasteiger partial charge in [0.05, 0.1) is 0 Å². The molecule has 154 valence electrons. The summed E-state index contributed by atoms with van der Waals surface area (Å²) in [5, 5.41) is 9.44. The number of pyridine rings is 2. The lowest BCUT2D eigenvalue weighted by Crippen LogP contribution is -2.28. The highest BCUT2D eigenvalue weighted by Gasteiger charge is 2.07. The van der Waals surface area contributed by atoms with Gasteiger partial charge in [0.2, 0.25) is 0 Å². The number of rotatable bonds is 6. The second kappa shape index (κ2) is 9.73. The summed E-state index contributed by atoms with van der Waals surface area (Å²) in [4.78, 5) is 20.9. The van der Waals surface area contributed by atoms with Crippen molar-refractivity contribution in [3.8, 4) is 11.1 Å². The van der Waals surface area contributed by atoms with E-state index in [-0.39, 0.29) is 6.03 Å². The molecule has 0 aliphatic carbocycles. The fourth-order valence-electron chi connectivity index (χ4n) is 3.00. The maximum Gasteiger partial charge on any atom is 0.320 e. The summed E-state index contributed by atoms with van der Waals surface area (Å²) in [6.45, 7) is 0.323. The lowest BCUT2D eigenvalue weighted by atomic mass is 10.1. The number of nitrogens with one attached hydrogen (secondary N) is 3. The Balaban J connectivity index is 1.43. The Morgan fingerprint density at radius 3 is 2.19 bits per heavy atom. The third kappa shape index (κ3) is 5.58. The van der Waals surface area contributed by atoms with Gasteiger partial charge in [-0.2, -0.15) is 0 Å². The van der Waals surface area contributed by atoms with Crippen LogP contribution >= 0.6 is 11.6 Å². The van der Waals surface area contributed by atoms with Gasteiger partial charge in [0.15, 0.2) is 0 Å². The number of hydrogen-bond acceptors (Lipinski definition) is 4. The number of urea groups is 1. The van der Waals surface area contributed by atoms with Crippen LogP contribution in [0.4, 0.5) is 22.1 Å². The Labute approximate surface area is 185 Å². The Morgan fingerprint density at radius 1 is 0.806 bits per heavy atom. The third-order valence-electron chi connectivity index (χ3n) is 4.54. The van der Waals surface area contributed by atoms with Crippen molar-refractivity contribution in [1.82, 2.24) is 15.3 Å². The summed E-state index contributed by atoms with van der Waals surface area (Å²) in [5.74, 6) is 1.18. The second-order valence-electron chi connectivity index (χ2n) is 6.75. The number of carbonyl (C=O) groups excluding carboxylic acids is 1. The number of carbonyl (C=O) groups is 1. The van der Waals surface area contributed by atoms with Crippen molar-refractivity contribution in [3.05, 3.63) is 102 Å². The summed E-state index contributed by atoms with van der Waals surface area (Å²) in [5.41, 5.74) is 3.67. The minimum atomic E-state index is -0.356. The zero-order chi connectivity index (χ0) is 21.5. The molecule has 0 unspecified atom stereocenters. The van der Waals surface area contributed by atoms with Gasteiger partial charge in [-0.15, -0.1) is 0 Å². The van der Waals surface area contributed by atoms with Crippen LogP contribution in [0.3, 0.4) is 0 Å². The molecular formula is C24H20ClN5O. The van der Waals surface area contributed by atoms with Gasteiger partial charge in [0.25, 0.3) is 0 Å². The van der Waals surface area contributed by atoms with Crippen molar-refractivity contribution in [1.29, 1.82) is 0 Å². The van der Waals surface area contributed by atoms with E-state index in [0.717, 1.165) is 28.2 Å². The summed E-state index contributed by atoms with van der Waals surface area (Å²) in [6.07, 6.45) is 3.40. The van der Waals surface area contributed by atoms with E-state index >= 15 is 0 Å². The maximum absolute atomic E-state index is 12.3. The molecule has 0 fully saturated rings. The molecule has 0 atom stereocenters. The molecular weight excluding hydrogens is 410 g/mol. The minimum absolute atomic E-state index is 0.323. The van der Waals surface area contributed by atoms with Crippen LogP contribution in [0.15, 0.2) is 91.3 Å². The average Bonchev–Trinajstić information content (AvgIpc) is 2.80. The fourth-order valence-corrected chi connectivity index (χ4v) is 3.21. The molecule has 6 nitrogen and oxygen atoms in total. The number of nitrogens with zero attached hydrogens (tertiary/aromatic N) is 2. The van der Waals surface area contributed by atoms with Gasteiger partial charge in [0, 0.05) is 29.6 Å². The molecule has 0 saturated heterocycles. The molecule has 7 heteroatoms. The van der Waals surface area contributed by atoms with Crippen molar-refractivity contribution in [2.24, 2.45) is 0 Å². The smallest absolute Gasteiger partial charge is 0.320 e. The number of hydrogen-bond donors (Lipinski definition) is 3. The quantitative estimate of drug-likeness (QED) is 0.358. The summed E-state index contributed by atoms with van der Waals surface area (Å²) >= 11 is 6.13. The SMILES string of the molecule is O=C(NCc1ccccc1Cl)Nc1cc(-c2ccnc(Nc3ccccc3)c2)ccn1. The van der Waals surface area contributed by atoms with Crippen molar-refractivity contribution in [2.45, 2.75) is 6.54 Å². The normalized spacial score (nSPS) is 10.4. The molecule has 0 saturated carbocycles. The van der Waals surface area contributed by atoms with E-state index in [2.05, 4.69) is 25.9 Å². The number of para-hydroxylation sites is 1. The van der Waals surface area contributed by atoms with E-state index in [1.165, 1.54) is 0 Å². The van der Waals surface area contributed by atoms with E-state index in [9.17, 15) is 4.79 Å². The number of aromatic nitrogens is 2. The van der Waals surface area contributed by atoms with Crippen molar-refractivity contribution in [3.63, 3.8) is 0 Å². The predicted octanol–water partition coefficient (Wildman–Crippen LogP) is 5.86. The maximum atomic E-state index is 12.3. The summed E-state index contributed by atoms with van der Waals surface area (Å²) < 4.78 is 0. The highest BCUT2D eigenvalue weighted by molar-refractivity contribution is 6.31. The molecule has 0 aliphatic rings. The van der Waals surface area contributed by atoms with Gasteiger partial charge in [0.1, 0.15) is 11.6 Å². The Hall–Kier alpha value is -3.90. The van der Waals surface area contributed by atoms with Crippen LogP contribution < -0.4 is 16.0 Å². The third-order valence-corrected chi connectivity index (χ3v) is 4.91. The number of anilines is 3. The van der Waals surface area contributed by atoms with Gasteiger partial charge in [-0.3, -0.25) is 5.32 Å². The lowest BCUT2D eigenvalue weighted by Gasteiger charge is -2.10. The second-order valence-corrected chi connectivity index (χ2v) is 7.16. The van der Waals surface area contributed by atoms with Crippen molar-refractivity contribution < 1.29 is 4.79 Å². The molecule has 2 aromatic carbocycles. The van der Waals surface area contributed by atoms with Crippen LogP contribution in [-0.2, 0) is 6.54 Å². The fraction of sp³-hybridized carbons (Fsp3) is 0.0417. The van der Waals surface area contributed by atoms with Crippen molar-refractivity contribution in [2.75, 3.05) is 10.6 Å². The number of benzene rings is 2. The van der Waals surface area contributed by atoms with Crippen molar-refractivity contribution >= 4 is 35.0 Å². The first kappa shape index (κ1) is 20.4. The van der Waals surface area contributed by atoms with Crippen LogP contribution in [0.25, 0.3) is 11.1 Å². The molecule has 2 amide bonds. The van der Waals surface area contributed by atoms with E-state index in [4.69, 9.17) is 11.6 Å². The van der Waals surface area contributed by atoms with E-state index in [0.29, 0.717) is 17.4 Å². The molecule has 2 heterocycles. The Kier molecular flexibility index (Phi) is 6.40. The van der Waals surface area contributed by atoms with Gasteiger partial charge < -0.3 is 10.6 Å². The molecule has 2 aromatic heterocycles. The molecule has 0 aliphatic heterocycles. The van der Waals surface area contributed by atoms with Crippen LogP contribution in [0, 0.1) is 0 Å². The van der Waals surface area contributed by atoms with Gasteiger partial charge >= 0.3 is 6.03 Å². The first-order chi connectivity index (χ1) is 15.2. The van der Waals surface area contributed by atoms with E-state index in [1.54, 1.807) is 18.5 Å². The first-order valence-corrected chi connectivity index (χ1v) is 10.1. The van der Waals surface area contributed by atoms with E-state index in [1.807, 2.05) is 72.8 Å². The highest BCUT2D eigenvalue weighted by Crippen LogP contribution is 2.24. The Bertz CT molecular complexity index is 1180. The van der Waals surface area contributed by atoms with Crippen LogP contribution in [0.5, 0.6) is 0 Å². The van der Waals surface area contributed by atoms with Gasteiger partial charge in [-0.05, 0) is 59.2 Å². The van der Waals surface area contributed by atoms with E-state index < -0.39 is 0 Å². The lowest BCUT2D eigenvalue weighted by molar-refractivity contribution is 0.251. The monoisotopic (exact) mass is 429 g/mol. The van der Waals surface area contributed by atoms with Gasteiger partial charge in [-0.1, -0.05) is 48.0 Å². The molecule has 0 bridgehead atoms. The number of amides is 2. The number of halogens is 1. The Morgan fingerprint density at radius 2 is 1.45 bits per heavy atom. The van der Waals surface area contributed by atoms with Crippen LogP contribution in [-0.4, -0.2) is 16.0 Å². The van der Waals surface area contributed by atoms with Gasteiger partial charge in [-0.25, -0.2) is 14.8 Å². The molecule has 0 spiro atoms. The average molecular weight is 430 g/mol. The zero-order valence-electron chi connectivity index (χ0n) is 16.5. The molecule has 31 heavy (non-hydrogen) atoms. The largest absolute Gasteiger partial charge is 0.340 e. The standard InChI is InChI=1S/C24H20ClN5O/c25-21-9-5-4-6-19(21)16-28-24(31)30-23-15-18(11-13-27-23)17-10-12-26-22(14-17)29-20-7-2-1-3-8-20/h1-15H,16H2,(H,26,29)(H2,27,28,30,31). The summed E-state index contributed by atoms with van der Waals surface area (Å²) in [6, 6.07) is 24.4. The summed E-state index contributed by atoms with van der Waals surface area (Å²) in [7, 11) is 0. The zero-order valence-corrected chi connectivity index (χ0v) is 17.3.